The third-order valence-corrected chi connectivity index (χ3v) is 4.51. The first-order valence-corrected chi connectivity index (χ1v) is 9.08. The molecule has 1 saturated heterocycles. The molecular formula is C19H27N3O4. The second-order valence-electron chi connectivity index (χ2n) is 6.52. The summed E-state index contributed by atoms with van der Waals surface area (Å²) < 4.78 is 0. The molecule has 1 unspecified atom stereocenters. The number of carboxylic acids is 1. The zero-order valence-corrected chi connectivity index (χ0v) is 15.2. The van der Waals surface area contributed by atoms with E-state index in [2.05, 4.69) is 10.6 Å². The number of nitrogens with zero attached hydrogens (tertiary/aromatic N) is 1. The number of hydrogen-bond acceptors (Lipinski definition) is 4. The van der Waals surface area contributed by atoms with Gasteiger partial charge in [-0.2, -0.15) is 0 Å². The minimum absolute atomic E-state index is 0.0380. The van der Waals surface area contributed by atoms with Gasteiger partial charge in [0.25, 0.3) is 0 Å². The summed E-state index contributed by atoms with van der Waals surface area (Å²) in [7, 11) is 0. The molecule has 0 radical (unpaired) electrons. The molecule has 1 heterocycles. The maximum atomic E-state index is 12.0. The summed E-state index contributed by atoms with van der Waals surface area (Å²) in [4.78, 5) is 36.8. The van der Waals surface area contributed by atoms with Gasteiger partial charge in [-0.25, -0.2) is 0 Å². The molecule has 0 saturated carbocycles. The number of rotatable bonds is 10. The first-order chi connectivity index (χ1) is 12.5. The third kappa shape index (κ3) is 5.84. The van der Waals surface area contributed by atoms with Crippen LogP contribution >= 0.6 is 0 Å². The van der Waals surface area contributed by atoms with Crippen molar-refractivity contribution in [1.29, 1.82) is 0 Å². The lowest BCUT2D eigenvalue weighted by Gasteiger charge is -2.18. The van der Waals surface area contributed by atoms with Crippen molar-refractivity contribution < 1.29 is 19.5 Å². The van der Waals surface area contributed by atoms with E-state index in [0.29, 0.717) is 25.9 Å². The molecule has 1 atom stereocenters. The van der Waals surface area contributed by atoms with Crippen molar-refractivity contribution in [2.75, 3.05) is 13.1 Å². The van der Waals surface area contributed by atoms with Crippen molar-refractivity contribution in [1.82, 2.24) is 15.5 Å². The van der Waals surface area contributed by atoms with Gasteiger partial charge in [0.1, 0.15) is 6.04 Å². The summed E-state index contributed by atoms with van der Waals surface area (Å²) in [5, 5.41) is 14.7. The van der Waals surface area contributed by atoms with Crippen LogP contribution in [0, 0.1) is 0 Å². The van der Waals surface area contributed by atoms with Gasteiger partial charge >= 0.3 is 5.97 Å². The van der Waals surface area contributed by atoms with Crippen molar-refractivity contribution in [2.45, 2.75) is 51.7 Å². The van der Waals surface area contributed by atoms with Gasteiger partial charge < -0.3 is 15.3 Å². The Hall–Kier alpha value is -2.41. The number of carboxylic acid groups (broad SMARTS) is 1. The minimum atomic E-state index is -0.944. The van der Waals surface area contributed by atoms with E-state index in [1.54, 1.807) is 0 Å². The Morgan fingerprint density at radius 1 is 1.27 bits per heavy atom. The Balaban J connectivity index is 1.85. The highest BCUT2D eigenvalue weighted by molar-refractivity contribution is 5.80. The van der Waals surface area contributed by atoms with Crippen LogP contribution in [0.25, 0.3) is 0 Å². The van der Waals surface area contributed by atoms with E-state index >= 15 is 0 Å². The van der Waals surface area contributed by atoms with Crippen LogP contribution in [0.4, 0.5) is 0 Å². The molecule has 142 valence electrons. The standard InChI is InChI=1S/C19H27N3O4/c1-2-6-16(19(25)26)20-12-17(23)21-11-14-7-3-4-8-15(14)13-22-10-5-9-18(22)24/h3-4,7-8,16,20H,2,5-6,9-13H2,1H3,(H,21,23)(H,25,26). The van der Waals surface area contributed by atoms with Gasteiger partial charge in [-0.3, -0.25) is 19.7 Å². The molecule has 1 aromatic carbocycles. The molecule has 0 aliphatic carbocycles. The Bertz CT molecular complexity index is 647. The summed E-state index contributed by atoms with van der Waals surface area (Å²) >= 11 is 0. The SMILES string of the molecule is CCCC(NCC(=O)NCc1ccccc1CN1CCCC1=O)C(=O)O. The summed E-state index contributed by atoms with van der Waals surface area (Å²) in [6, 6.07) is 7.01. The number of hydrogen-bond donors (Lipinski definition) is 3. The van der Waals surface area contributed by atoms with E-state index in [1.807, 2.05) is 36.1 Å². The van der Waals surface area contributed by atoms with Crippen LogP contribution in [-0.2, 0) is 27.5 Å². The predicted molar refractivity (Wildman–Crippen MR) is 97.3 cm³/mol. The average Bonchev–Trinajstić information content (AvgIpc) is 3.02. The molecule has 1 aliphatic heterocycles. The van der Waals surface area contributed by atoms with E-state index in [1.165, 1.54) is 0 Å². The van der Waals surface area contributed by atoms with Gasteiger partial charge in [0.2, 0.25) is 11.8 Å². The van der Waals surface area contributed by atoms with Gasteiger partial charge in [0.15, 0.2) is 0 Å². The second-order valence-corrected chi connectivity index (χ2v) is 6.52. The number of likely N-dealkylation sites (tertiary alicyclic amines) is 1. The fourth-order valence-electron chi connectivity index (χ4n) is 3.03. The zero-order valence-electron chi connectivity index (χ0n) is 15.2. The van der Waals surface area contributed by atoms with Crippen LogP contribution in [0.1, 0.15) is 43.7 Å². The summed E-state index contributed by atoms with van der Waals surface area (Å²) in [5.74, 6) is -1.02. The smallest absolute Gasteiger partial charge is 0.320 e. The monoisotopic (exact) mass is 361 g/mol. The van der Waals surface area contributed by atoms with Crippen molar-refractivity contribution >= 4 is 17.8 Å². The third-order valence-electron chi connectivity index (χ3n) is 4.51. The van der Waals surface area contributed by atoms with Crippen molar-refractivity contribution in [3.05, 3.63) is 35.4 Å². The van der Waals surface area contributed by atoms with E-state index in [0.717, 1.165) is 30.5 Å². The predicted octanol–water partition coefficient (Wildman–Crippen LogP) is 1.27. The maximum Gasteiger partial charge on any atom is 0.320 e. The number of benzene rings is 1. The molecule has 2 rings (SSSR count). The minimum Gasteiger partial charge on any atom is -0.480 e. The van der Waals surface area contributed by atoms with Crippen LogP contribution in [0.5, 0.6) is 0 Å². The Morgan fingerprint density at radius 3 is 2.62 bits per heavy atom. The molecule has 7 nitrogen and oxygen atoms in total. The normalized spacial score (nSPS) is 15.1. The van der Waals surface area contributed by atoms with Crippen molar-refractivity contribution in [3.8, 4) is 0 Å². The number of carbonyl (C=O) groups is 3. The van der Waals surface area contributed by atoms with Crippen LogP contribution in [0.3, 0.4) is 0 Å². The highest BCUT2D eigenvalue weighted by atomic mass is 16.4. The van der Waals surface area contributed by atoms with E-state index < -0.39 is 12.0 Å². The zero-order chi connectivity index (χ0) is 18.9. The van der Waals surface area contributed by atoms with Crippen molar-refractivity contribution in [2.24, 2.45) is 0 Å². The molecule has 0 spiro atoms. The summed E-state index contributed by atoms with van der Waals surface area (Å²) in [6.07, 6.45) is 2.71. The quantitative estimate of drug-likeness (QED) is 0.583. The highest BCUT2D eigenvalue weighted by Crippen LogP contribution is 2.17. The van der Waals surface area contributed by atoms with Crippen LogP contribution in [0.2, 0.25) is 0 Å². The molecular weight excluding hydrogens is 334 g/mol. The summed E-state index contributed by atoms with van der Waals surface area (Å²) in [6.45, 7) is 3.55. The van der Waals surface area contributed by atoms with Crippen LogP contribution in [-0.4, -0.2) is 46.9 Å². The average molecular weight is 361 g/mol. The largest absolute Gasteiger partial charge is 0.480 e. The van der Waals surface area contributed by atoms with Gasteiger partial charge in [-0.15, -0.1) is 0 Å². The van der Waals surface area contributed by atoms with Crippen LogP contribution in [0.15, 0.2) is 24.3 Å². The van der Waals surface area contributed by atoms with E-state index in [-0.39, 0.29) is 18.4 Å². The van der Waals surface area contributed by atoms with E-state index in [9.17, 15) is 14.4 Å². The molecule has 26 heavy (non-hydrogen) atoms. The lowest BCUT2D eigenvalue weighted by atomic mass is 10.1. The lowest BCUT2D eigenvalue weighted by Crippen LogP contribution is -2.42. The summed E-state index contributed by atoms with van der Waals surface area (Å²) in [5.41, 5.74) is 1.98. The molecule has 0 bridgehead atoms. The number of carbonyl (C=O) groups excluding carboxylic acids is 2. The first-order valence-electron chi connectivity index (χ1n) is 9.08. The van der Waals surface area contributed by atoms with E-state index in [4.69, 9.17) is 5.11 Å². The van der Waals surface area contributed by atoms with Gasteiger partial charge in [0.05, 0.1) is 6.54 Å². The fraction of sp³-hybridized carbons (Fsp3) is 0.526. The molecule has 1 aromatic rings. The Labute approximate surface area is 153 Å². The molecule has 1 aliphatic rings. The van der Waals surface area contributed by atoms with Gasteiger partial charge in [0, 0.05) is 26.1 Å². The Kier molecular flexibility index (Phi) is 7.59. The van der Waals surface area contributed by atoms with Crippen LogP contribution < -0.4 is 10.6 Å². The van der Waals surface area contributed by atoms with Crippen molar-refractivity contribution in [3.63, 3.8) is 0 Å². The molecule has 3 N–H and O–H groups in total. The number of aliphatic carboxylic acids is 1. The molecule has 7 heteroatoms. The molecule has 0 aromatic heterocycles. The molecule has 1 fully saturated rings. The van der Waals surface area contributed by atoms with Gasteiger partial charge in [-0.05, 0) is 24.0 Å². The fourth-order valence-corrected chi connectivity index (χ4v) is 3.03. The topological polar surface area (TPSA) is 98.7 Å². The first kappa shape index (κ1) is 19.9. The van der Waals surface area contributed by atoms with Gasteiger partial charge in [-0.1, -0.05) is 37.6 Å². The lowest BCUT2D eigenvalue weighted by molar-refractivity contribution is -0.139. The number of nitrogens with one attached hydrogen (secondary N) is 2. The molecule has 2 amide bonds. The maximum absolute atomic E-state index is 12.0. The number of amides is 2. The second kappa shape index (κ2) is 9.91. The Morgan fingerprint density at radius 2 is 2.00 bits per heavy atom. The highest BCUT2D eigenvalue weighted by Gasteiger charge is 2.21.